The first-order chi connectivity index (χ1) is 8.61. The fourth-order valence-electron chi connectivity index (χ4n) is 1.78. The predicted octanol–water partition coefficient (Wildman–Crippen LogP) is -0.699. The summed E-state index contributed by atoms with van der Waals surface area (Å²) >= 11 is 0. The van der Waals surface area contributed by atoms with E-state index in [4.69, 9.17) is 16.3 Å². The zero-order valence-electron chi connectivity index (χ0n) is 10.2. The van der Waals surface area contributed by atoms with Gasteiger partial charge in [0.25, 0.3) is 0 Å². The zero-order valence-corrected chi connectivity index (χ0v) is 10.2. The largest absolute Gasteiger partial charge is 0.480 e. The van der Waals surface area contributed by atoms with Crippen molar-refractivity contribution in [2.24, 2.45) is 0 Å². The molecule has 0 saturated carbocycles. The highest BCUT2D eigenvalue weighted by Crippen LogP contribution is 2.10. The maximum absolute atomic E-state index is 11.6. The third-order valence-electron chi connectivity index (χ3n) is 2.59. The first-order valence-corrected chi connectivity index (χ1v) is 5.87. The molecule has 100 valence electrons. The summed E-state index contributed by atoms with van der Waals surface area (Å²) in [7, 11) is 0. The molecule has 1 aliphatic heterocycles. The number of ether oxygens (including phenoxy) is 1. The fourth-order valence-corrected chi connectivity index (χ4v) is 1.78. The van der Waals surface area contributed by atoms with Crippen LogP contribution in [-0.2, 0) is 14.3 Å². The Balaban J connectivity index is 2.26. The minimum atomic E-state index is -1.00. The molecule has 0 aromatic rings. The van der Waals surface area contributed by atoms with E-state index in [1.54, 1.807) is 0 Å². The number of hydrogen-bond donors (Lipinski definition) is 2. The summed E-state index contributed by atoms with van der Waals surface area (Å²) in [5, 5.41) is 11.4. The van der Waals surface area contributed by atoms with Gasteiger partial charge in [0, 0.05) is 13.2 Å². The monoisotopic (exact) mass is 254 g/mol. The van der Waals surface area contributed by atoms with Gasteiger partial charge in [0.05, 0.1) is 25.7 Å². The molecule has 18 heavy (non-hydrogen) atoms. The van der Waals surface area contributed by atoms with Crippen LogP contribution in [0.4, 0.5) is 0 Å². The molecule has 1 rings (SSSR count). The molecule has 1 aliphatic rings. The van der Waals surface area contributed by atoms with Gasteiger partial charge in [0.1, 0.15) is 0 Å². The van der Waals surface area contributed by atoms with Crippen molar-refractivity contribution < 1.29 is 19.4 Å². The molecule has 6 nitrogen and oxygen atoms in total. The van der Waals surface area contributed by atoms with Crippen molar-refractivity contribution in [2.75, 3.05) is 32.8 Å². The lowest BCUT2D eigenvalue weighted by Gasteiger charge is -2.17. The van der Waals surface area contributed by atoms with Gasteiger partial charge in [-0.2, -0.15) is 0 Å². The quantitative estimate of drug-likeness (QED) is 0.587. The van der Waals surface area contributed by atoms with Gasteiger partial charge in [-0.05, 0) is 12.8 Å². The molecule has 1 atom stereocenters. The Morgan fingerprint density at radius 2 is 2.28 bits per heavy atom. The number of nitrogens with zero attached hydrogens (tertiary/aromatic N) is 1. The van der Waals surface area contributed by atoms with Crippen LogP contribution >= 0.6 is 0 Å². The Kier molecular flexibility index (Phi) is 6.19. The van der Waals surface area contributed by atoms with E-state index in [1.807, 2.05) is 0 Å². The first-order valence-electron chi connectivity index (χ1n) is 5.87. The maximum Gasteiger partial charge on any atom is 0.317 e. The highest BCUT2D eigenvalue weighted by Gasteiger charge is 2.17. The topological polar surface area (TPSA) is 78.9 Å². The summed E-state index contributed by atoms with van der Waals surface area (Å²) in [6.07, 6.45) is 7.16. The minimum Gasteiger partial charge on any atom is -0.480 e. The summed E-state index contributed by atoms with van der Waals surface area (Å²) in [5.74, 6) is 1.10. The Labute approximate surface area is 106 Å². The van der Waals surface area contributed by atoms with E-state index >= 15 is 0 Å². The number of aliphatic carboxylic acids is 1. The number of carbonyl (C=O) groups excluding carboxylic acids is 1. The molecular weight excluding hydrogens is 236 g/mol. The Morgan fingerprint density at radius 1 is 1.50 bits per heavy atom. The Hall–Kier alpha value is -1.58. The van der Waals surface area contributed by atoms with E-state index in [9.17, 15) is 9.59 Å². The number of carbonyl (C=O) groups is 2. The second-order valence-corrected chi connectivity index (χ2v) is 4.18. The van der Waals surface area contributed by atoms with Crippen LogP contribution in [0.25, 0.3) is 0 Å². The molecule has 0 spiro atoms. The highest BCUT2D eigenvalue weighted by molar-refractivity contribution is 5.79. The van der Waals surface area contributed by atoms with Crippen LogP contribution in [0.15, 0.2) is 0 Å². The van der Waals surface area contributed by atoms with Gasteiger partial charge in [-0.3, -0.25) is 14.5 Å². The number of terminal acetylenes is 1. The van der Waals surface area contributed by atoms with Gasteiger partial charge in [-0.15, -0.1) is 6.42 Å². The number of amides is 1. The van der Waals surface area contributed by atoms with E-state index in [-0.39, 0.29) is 31.6 Å². The molecule has 1 saturated heterocycles. The van der Waals surface area contributed by atoms with Gasteiger partial charge in [0.2, 0.25) is 5.91 Å². The van der Waals surface area contributed by atoms with Gasteiger partial charge in [-0.1, -0.05) is 5.92 Å². The SMILES string of the molecule is C#CCN(CC(=O)O)CC(=O)NCC1CCCO1. The van der Waals surface area contributed by atoms with E-state index in [0.29, 0.717) is 6.54 Å². The standard InChI is InChI=1S/C12H18N2O4/c1-2-5-14(9-12(16)17)8-11(15)13-7-10-4-3-6-18-10/h1,10H,3-9H2,(H,13,15)(H,16,17). The van der Waals surface area contributed by atoms with Crippen molar-refractivity contribution in [1.82, 2.24) is 10.2 Å². The lowest BCUT2D eigenvalue weighted by Crippen LogP contribution is -2.42. The number of rotatable bonds is 7. The average molecular weight is 254 g/mol. The van der Waals surface area contributed by atoms with Crippen LogP contribution in [0.3, 0.4) is 0 Å². The Bertz CT molecular complexity index is 331. The molecular formula is C12H18N2O4. The van der Waals surface area contributed by atoms with E-state index < -0.39 is 5.97 Å². The summed E-state index contributed by atoms with van der Waals surface area (Å²) < 4.78 is 5.37. The lowest BCUT2D eigenvalue weighted by atomic mass is 10.2. The molecule has 0 aromatic carbocycles. The number of hydrogen-bond acceptors (Lipinski definition) is 4. The molecule has 0 aliphatic carbocycles. The van der Waals surface area contributed by atoms with Crippen LogP contribution in [0.2, 0.25) is 0 Å². The summed E-state index contributed by atoms with van der Waals surface area (Å²) in [4.78, 5) is 23.6. The number of carboxylic acid groups (broad SMARTS) is 1. The zero-order chi connectivity index (χ0) is 13.4. The second-order valence-electron chi connectivity index (χ2n) is 4.18. The summed E-state index contributed by atoms with van der Waals surface area (Å²) in [6, 6.07) is 0. The summed E-state index contributed by atoms with van der Waals surface area (Å²) in [6.45, 7) is 1.10. The molecule has 0 radical (unpaired) electrons. The molecule has 6 heteroatoms. The maximum atomic E-state index is 11.6. The van der Waals surface area contributed by atoms with Crippen molar-refractivity contribution >= 4 is 11.9 Å². The third-order valence-corrected chi connectivity index (χ3v) is 2.59. The van der Waals surface area contributed by atoms with Crippen LogP contribution in [0.5, 0.6) is 0 Å². The van der Waals surface area contributed by atoms with Gasteiger partial charge in [-0.25, -0.2) is 0 Å². The number of carboxylic acids is 1. The third kappa shape index (κ3) is 5.66. The molecule has 0 aromatic heterocycles. The smallest absolute Gasteiger partial charge is 0.317 e. The van der Waals surface area contributed by atoms with Crippen LogP contribution in [-0.4, -0.2) is 60.8 Å². The average Bonchev–Trinajstić information content (AvgIpc) is 2.78. The van der Waals surface area contributed by atoms with E-state index in [0.717, 1.165) is 19.4 Å². The first kappa shape index (κ1) is 14.5. The molecule has 1 amide bonds. The van der Waals surface area contributed by atoms with E-state index in [2.05, 4.69) is 11.2 Å². The highest BCUT2D eigenvalue weighted by atomic mass is 16.5. The van der Waals surface area contributed by atoms with Crippen molar-refractivity contribution in [3.63, 3.8) is 0 Å². The molecule has 1 heterocycles. The van der Waals surface area contributed by atoms with Gasteiger partial charge < -0.3 is 15.2 Å². The number of nitrogens with one attached hydrogen (secondary N) is 1. The van der Waals surface area contributed by atoms with Crippen molar-refractivity contribution in [3.05, 3.63) is 0 Å². The predicted molar refractivity (Wildman–Crippen MR) is 64.9 cm³/mol. The molecule has 2 N–H and O–H groups in total. The molecule has 1 fully saturated rings. The van der Waals surface area contributed by atoms with Crippen LogP contribution in [0, 0.1) is 12.3 Å². The van der Waals surface area contributed by atoms with Crippen LogP contribution in [0.1, 0.15) is 12.8 Å². The minimum absolute atomic E-state index is 0.0107. The summed E-state index contributed by atoms with van der Waals surface area (Å²) in [5.41, 5.74) is 0. The van der Waals surface area contributed by atoms with Gasteiger partial charge >= 0.3 is 5.97 Å². The van der Waals surface area contributed by atoms with Crippen LogP contribution < -0.4 is 5.32 Å². The molecule has 0 bridgehead atoms. The van der Waals surface area contributed by atoms with E-state index in [1.165, 1.54) is 4.90 Å². The molecule has 1 unspecified atom stereocenters. The van der Waals surface area contributed by atoms with Crippen molar-refractivity contribution in [3.8, 4) is 12.3 Å². The fraction of sp³-hybridized carbons (Fsp3) is 0.667. The van der Waals surface area contributed by atoms with Gasteiger partial charge in [0.15, 0.2) is 0 Å². The second kappa shape index (κ2) is 7.69. The lowest BCUT2D eigenvalue weighted by molar-refractivity contribution is -0.138. The normalized spacial score (nSPS) is 18.6. The van der Waals surface area contributed by atoms with Crippen molar-refractivity contribution in [1.29, 1.82) is 0 Å². The van der Waals surface area contributed by atoms with Crippen molar-refractivity contribution in [2.45, 2.75) is 18.9 Å². The Morgan fingerprint density at radius 3 is 2.83 bits per heavy atom.